The van der Waals surface area contributed by atoms with E-state index in [0.717, 1.165) is 12.1 Å². The lowest BCUT2D eigenvalue weighted by Crippen LogP contribution is -2.28. The van der Waals surface area contributed by atoms with Gasteiger partial charge in [-0.1, -0.05) is 12.1 Å². The Morgan fingerprint density at radius 3 is 2.50 bits per heavy atom. The first kappa shape index (κ1) is 23.9. The quantitative estimate of drug-likeness (QED) is 0.245. The normalized spacial score (nSPS) is 11.1. The number of nitro benzene ring substituents is 1. The van der Waals surface area contributed by atoms with E-state index in [0.29, 0.717) is 5.56 Å². The standard InChI is InChI=1S/C20H14F3N5O6/c1-10(29)25-14-6-5-12(17(30)34-18(31)20(21,22)23)8-16(14)27-9-15(26-19(27)24)11-3-2-4-13(7-11)28(32)33/h2-9H,1H3,(H2,24,26)(H,25,29). The molecule has 0 saturated heterocycles. The second-order valence-corrected chi connectivity index (χ2v) is 6.75. The Morgan fingerprint density at radius 1 is 1.18 bits per heavy atom. The number of benzene rings is 2. The molecule has 3 N–H and O–H groups in total. The summed E-state index contributed by atoms with van der Waals surface area (Å²) in [5, 5.41) is 13.5. The maximum Gasteiger partial charge on any atom is 0.491 e. The highest BCUT2D eigenvalue weighted by atomic mass is 19.4. The van der Waals surface area contributed by atoms with Gasteiger partial charge in [-0.25, -0.2) is 14.6 Å². The smallest absolute Gasteiger partial charge is 0.383 e. The number of nitro groups is 1. The fraction of sp³-hybridized carbons (Fsp3) is 0.100. The number of ether oxygens (including phenoxy) is 1. The van der Waals surface area contributed by atoms with Crippen molar-refractivity contribution in [1.82, 2.24) is 9.55 Å². The Balaban J connectivity index is 2.07. The highest BCUT2D eigenvalue weighted by Gasteiger charge is 2.42. The zero-order valence-electron chi connectivity index (χ0n) is 17.1. The van der Waals surface area contributed by atoms with Crippen LogP contribution in [0.5, 0.6) is 0 Å². The molecule has 0 saturated carbocycles. The average molecular weight is 477 g/mol. The monoisotopic (exact) mass is 477 g/mol. The number of esters is 2. The van der Waals surface area contributed by atoms with Crippen LogP contribution in [0.1, 0.15) is 17.3 Å². The number of halogens is 3. The maximum atomic E-state index is 12.4. The lowest BCUT2D eigenvalue weighted by Gasteiger charge is -2.13. The zero-order chi connectivity index (χ0) is 25.2. The van der Waals surface area contributed by atoms with Gasteiger partial charge in [-0.15, -0.1) is 0 Å². The first-order valence-corrected chi connectivity index (χ1v) is 9.22. The number of nitrogens with zero attached hydrogens (tertiary/aromatic N) is 3. The summed E-state index contributed by atoms with van der Waals surface area (Å²) in [4.78, 5) is 49.2. The number of non-ortho nitro benzene ring substituents is 1. The van der Waals surface area contributed by atoms with Crippen molar-refractivity contribution >= 4 is 35.2 Å². The zero-order valence-corrected chi connectivity index (χ0v) is 17.1. The predicted molar refractivity (Wildman–Crippen MR) is 111 cm³/mol. The van der Waals surface area contributed by atoms with Crippen LogP contribution in [0.2, 0.25) is 0 Å². The summed E-state index contributed by atoms with van der Waals surface area (Å²) in [5.74, 6) is -4.97. The van der Waals surface area contributed by atoms with Crippen molar-refractivity contribution in [3.8, 4) is 16.9 Å². The van der Waals surface area contributed by atoms with Gasteiger partial charge >= 0.3 is 18.1 Å². The molecule has 1 aromatic heterocycles. The topological polar surface area (TPSA) is 159 Å². The molecule has 176 valence electrons. The molecule has 0 bridgehead atoms. The minimum Gasteiger partial charge on any atom is -0.383 e. The van der Waals surface area contributed by atoms with Crippen molar-refractivity contribution in [3.63, 3.8) is 0 Å². The van der Waals surface area contributed by atoms with Crippen LogP contribution in [0.4, 0.5) is 30.5 Å². The molecule has 1 heterocycles. The second kappa shape index (κ2) is 9.01. The molecule has 0 aliphatic rings. The van der Waals surface area contributed by atoms with E-state index in [2.05, 4.69) is 15.0 Å². The highest BCUT2D eigenvalue weighted by molar-refractivity contribution is 6.00. The minimum absolute atomic E-state index is 0.00536. The number of nitrogens with one attached hydrogen (secondary N) is 1. The van der Waals surface area contributed by atoms with Crippen LogP contribution in [0, 0.1) is 10.1 Å². The number of aromatic nitrogens is 2. The van der Waals surface area contributed by atoms with Crippen molar-refractivity contribution in [2.75, 3.05) is 11.1 Å². The van der Waals surface area contributed by atoms with Crippen molar-refractivity contribution in [2.24, 2.45) is 0 Å². The van der Waals surface area contributed by atoms with E-state index in [9.17, 15) is 37.7 Å². The number of carbonyl (C=O) groups excluding carboxylic acids is 3. The number of amides is 1. The Bertz CT molecular complexity index is 1320. The van der Waals surface area contributed by atoms with E-state index in [-0.39, 0.29) is 28.7 Å². The van der Waals surface area contributed by atoms with Crippen LogP contribution in [0.15, 0.2) is 48.7 Å². The summed E-state index contributed by atoms with van der Waals surface area (Å²) in [6.07, 6.45) is -4.04. The first-order valence-electron chi connectivity index (χ1n) is 9.22. The van der Waals surface area contributed by atoms with E-state index < -0.39 is 34.5 Å². The van der Waals surface area contributed by atoms with Gasteiger partial charge in [0.15, 0.2) is 0 Å². The van der Waals surface area contributed by atoms with Gasteiger partial charge < -0.3 is 15.8 Å². The molecule has 34 heavy (non-hydrogen) atoms. The Kier molecular flexibility index (Phi) is 6.33. The molecule has 3 rings (SSSR count). The van der Waals surface area contributed by atoms with Gasteiger partial charge in [-0.05, 0) is 18.2 Å². The molecule has 0 atom stereocenters. The lowest BCUT2D eigenvalue weighted by atomic mass is 10.1. The molecule has 0 aliphatic heterocycles. The predicted octanol–water partition coefficient (Wildman–Crippen LogP) is 3.23. The van der Waals surface area contributed by atoms with Crippen LogP contribution in [0.3, 0.4) is 0 Å². The van der Waals surface area contributed by atoms with Gasteiger partial charge in [0.05, 0.1) is 27.6 Å². The molecule has 11 nitrogen and oxygen atoms in total. The number of imidazole rings is 1. The van der Waals surface area contributed by atoms with Gasteiger partial charge in [-0.3, -0.25) is 19.5 Å². The summed E-state index contributed by atoms with van der Waals surface area (Å²) < 4.78 is 42.3. The summed E-state index contributed by atoms with van der Waals surface area (Å²) in [6.45, 7) is 1.19. The fourth-order valence-corrected chi connectivity index (χ4v) is 2.86. The summed E-state index contributed by atoms with van der Waals surface area (Å²) in [5.41, 5.74) is 5.92. The Labute approximate surface area is 188 Å². The van der Waals surface area contributed by atoms with Gasteiger partial charge in [0.1, 0.15) is 0 Å². The largest absolute Gasteiger partial charge is 0.491 e. The highest BCUT2D eigenvalue weighted by Crippen LogP contribution is 2.30. The third-order valence-corrected chi connectivity index (χ3v) is 4.31. The number of nitrogens with two attached hydrogens (primary N) is 1. The van der Waals surface area contributed by atoms with Gasteiger partial charge in [0.2, 0.25) is 11.9 Å². The van der Waals surface area contributed by atoms with E-state index in [1.54, 1.807) is 0 Å². The van der Waals surface area contributed by atoms with Crippen molar-refractivity contribution in [3.05, 3.63) is 64.3 Å². The molecular weight excluding hydrogens is 463 g/mol. The van der Waals surface area contributed by atoms with Crippen LogP contribution >= 0.6 is 0 Å². The minimum atomic E-state index is -5.38. The third-order valence-electron chi connectivity index (χ3n) is 4.31. The van der Waals surface area contributed by atoms with Crippen LogP contribution < -0.4 is 11.1 Å². The van der Waals surface area contributed by atoms with Crippen LogP contribution in [-0.2, 0) is 14.3 Å². The molecule has 14 heteroatoms. The number of nitrogen functional groups attached to an aromatic ring is 1. The van der Waals surface area contributed by atoms with E-state index in [4.69, 9.17) is 5.73 Å². The number of hydrogen-bond acceptors (Lipinski definition) is 8. The van der Waals surface area contributed by atoms with Crippen molar-refractivity contribution in [2.45, 2.75) is 13.1 Å². The molecule has 2 aromatic carbocycles. The average Bonchev–Trinajstić information content (AvgIpc) is 3.14. The van der Waals surface area contributed by atoms with Gasteiger partial charge in [0, 0.05) is 30.8 Å². The van der Waals surface area contributed by atoms with Gasteiger partial charge in [0.25, 0.3) is 5.69 Å². The first-order chi connectivity index (χ1) is 15.9. The van der Waals surface area contributed by atoms with Crippen LogP contribution in [-0.4, -0.2) is 38.5 Å². The summed E-state index contributed by atoms with van der Waals surface area (Å²) >= 11 is 0. The number of anilines is 2. The number of carbonyl (C=O) groups is 3. The fourth-order valence-electron chi connectivity index (χ4n) is 2.86. The lowest BCUT2D eigenvalue weighted by molar-refractivity contribution is -0.384. The van der Waals surface area contributed by atoms with E-state index in [1.165, 1.54) is 48.0 Å². The number of alkyl halides is 3. The Morgan fingerprint density at radius 2 is 1.88 bits per heavy atom. The molecule has 0 unspecified atom stereocenters. The summed E-state index contributed by atoms with van der Waals surface area (Å²) in [7, 11) is 0. The maximum absolute atomic E-state index is 12.4. The second-order valence-electron chi connectivity index (χ2n) is 6.75. The van der Waals surface area contributed by atoms with Gasteiger partial charge in [-0.2, -0.15) is 13.2 Å². The Hall–Kier alpha value is -4.75. The third kappa shape index (κ3) is 5.17. The van der Waals surface area contributed by atoms with Crippen LogP contribution in [0.25, 0.3) is 16.9 Å². The molecule has 0 radical (unpaired) electrons. The molecule has 0 spiro atoms. The van der Waals surface area contributed by atoms with Crippen molar-refractivity contribution in [1.29, 1.82) is 0 Å². The SMILES string of the molecule is CC(=O)Nc1ccc(C(=O)OC(=O)C(F)(F)F)cc1-n1cc(-c2cccc([N+](=O)[O-])c2)nc1N. The number of hydrogen-bond donors (Lipinski definition) is 2. The number of rotatable bonds is 5. The summed E-state index contributed by atoms with van der Waals surface area (Å²) in [6, 6.07) is 8.75. The van der Waals surface area contributed by atoms with E-state index in [1.807, 2.05) is 0 Å². The molecule has 1 amide bonds. The molecule has 3 aromatic rings. The molecule has 0 aliphatic carbocycles. The molecular formula is C20H14F3N5O6. The molecule has 0 fully saturated rings. The van der Waals surface area contributed by atoms with Crippen molar-refractivity contribution < 1.29 is 37.2 Å². The van der Waals surface area contributed by atoms with E-state index >= 15 is 0 Å².